The smallest absolute Gasteiger partial charge is 0.191 e. The SMILES string of the molecule is CCNC(=NCc1ccccc1OC)NCCOCC.I. The van der Waals surface area contributed by atoms with E-state index in [2.05, 4.69) is 15.6 Å². The molecule has 0 heterocycles. The van der Waals surface area contributed by atoms with Crippen LogP contribution in [0, 0.1) is 0 Å². The molecule has 1 aromatic carbocycles. The quantitative estimate of drug-likeness (QED) is 0.301. The van der Waals surface area contributed by atoms with Gasteiger partial charge in [-0.3, -0.25) is 0 Å². The molecule has 21 heavy (non-hydrogen) atoms. The summed E-state index contributed by atoms with van der Waals surface area (Å²) in [6.07, 6.45) is 0. The Morgan fingerprint density at radius 1 is 1.19 bits per heavy atom. The number of ether oxygens (including phenoxy) is 2. The Balaban J connectivity index is 0.00000400. The average molecular weight is 407 g/mol. The predicted octanol–water partition coefficient (Wildman–Crippen LogP) is 2.40. The fraction of sp³-hybridized carbons (Fsp3) is 0.533. The topological polar surface area (TPSA) is 54.9 Å². The molecule has 0 aromatic heterocycles. The fourth-order valence-corrected chi connectivity index (χ4v) is 1.73. The number of hydrogen-bond donors (Lipinski definition) is 2. The minimum atomic E-state index is 0. The maximum absolute atomic E-state index is 5.32. The predicted molar refractivity (Wildman–Crippen MR) is 97.7 cm³/mol. The van der Waals surface area contributed by atoms with Crippen molar-refractivity contribution >= 4 is 29.9 Å². The lowest BCUT2D eigenvalue weighted by molar-refractivity contribution is 0.152. The first-order chi connectivity index (χ1) is 9.81. The molecule has 0 saturated carbocycles. The van der Waals surface area contributed by atoms with E-state index in [9.17, 15) is 0 Å². The Bertz CT molecular complexity index is 414. The number of para-hydroxylation sites is 1. The normalized spacial score (nSPS) is 10.7. The lowest BCUT2D eigenvalue weighted by Gasteiger charge is -2.12. The lowest BCUT2D eigenvalue weighted by Crippen LogP contribution is -2.39. The van der Waals surface area contributed by atoms with Gasteiger partial charge in [-0.15, -0.1) is 24.0 Å². The van der Waals surface area contributed by atoms with Crippen LogP contribution >= 0.6 is 24.0 Å². The molecule has 2 N–H and O–H groups in total. The summed E-state index contributed by atoms with van der Waals surface area (Å²) in [7, 11) is 1.67. The highest BCUT2D eigenvalue weighted by molar-refractivity contribution is 14.0. The summed E-state index contributed by atoms with van der Waals surface area (Å²) < 4.78 is 10.6. The fourth-order valence-electron chi connectivity index (χ4n) is 1.73. The molecule has 0 aliphatic carbocycles. The molecule has 0 bridgehead atoms. The van der Waals surface area contributed by atoms with E-state index in [0.717, 1.165) is 37.0 Å². The van der Waals surface area contributed by atoms with Crippen LogP contribution in [-0.4, -0.2) is 39.4 Å². The molecule has 0 amide bonds. The number of aliphatic imine (C=N–C) groups is 1. The maximum Gasteiger partial charge on any atom is 0.191 e. The molecule has 0 radical (unpaired) electrons. The van der Waals surface area contributed by atoms with E-state index in [4.69, 9.17) is 9.47 Å². The van der Waals surface area contributed by atoms with Crippen LogP contribution in [0.4, 0.5) is 0 Å². The first-order valence-corrected chi connectivity index (χ1v) is 7.03. The summed E-state index contributed by atoms with van der Waals surface area (Å²) >= 11 is 0. The van der Waals surface area contributed by atoms with Crippen LogP contribution in [0.5, 0.6) is 5.75 Å². The lowest BCUT2D eigenvalue weighted by atomic mass is 10.2. The first-order valence-electron chi connectivity index (χ1n) is 7.03. The van der Waals surface area contributed by atoms with Crippen molar-refractivity contribution in [2.24, 2.45) is 4.99 Å². The number of nitrogens with one attached hydrogen (secondary N) is 2. The van der Waals surface area contributed by atoms with Crippen LogP contribution < -0.4 is 15.4 Å². The Hall–Kier alpha value is -1.02. The number of hydrogen-bond acceptors (Lipinski definition) is 3. The summed E-state index contributed by atoms with van der Waals surface area (Å²) in [6, 6.07) is 7.91. The number of nitrogens with zero attached hydrogens (tertiary/aromatic N) is 1. The van der Waals surface area contributed by atoms with Gasteiger partial charge in [-0.2, -0.15) is 0 Å². The molecule has 0 saturated heterocycles. The Kier molecular flexibility index (Phi) is 12.1. The zero-order valence-electron chi connectivity index (χ0n) is 13.0. The van der Waals surface area contributed by atoms with Crippen LogP contribution in [0.25, 0.3) is 0 Å². The second-order valence-electron chi connectivity index (χ2n) is 4.13. The van der Waals surface area contributed by atoms with Crippen molar-refractivity contribution in [1.82, 2.24) is 10.6 Å². The molecule has 0 spiro atoms. The Morgan fingerprint density at radius 3 is 2.62 bits per heavy atom. The van der Waals surface area contributed by atoms with Crippen molar-refractivity contribution in [2.75, 3.05) is 33.4 Å². The van der Waals surface area contributed by atoms with Crippen LogP contribution in [0.1, 0.15) is 19.4 Å². The standard InChI is InChI=1S/C15H25N3O2.HI/c1-4-16-15(17-10-11-20-5-2)18-12-13-8-6-7-9-14(13)19-3;/h6-9H,4-5,10-12H2,1-3H3,(H2,16,17,18);1H. The minimum absolute atomic E-state index is 0. The highest BCUT2D eigenvalue weighted by Gasteiger charge is 2.01. The van der Waals surface area contributed by atoms with Gasteiger partial charge in [0.1, 0.15) is 5.75 Å². The van der Waals surface area contributed by atoms with Gasteiger partial charge in [-0.05, 0) is 19.9 Å². The molecule has 1 rings (SSSR count). The Labute approximate surface area is 144 Å². The van der Waals surface area contributed by atoms with Crippen LogP contribution in [0.2, 0.25) is 0 Å². The third-order valence-electron chi connectivity index (χ3n) is 2.69. The monoisotopic (exact) mass is 407 g/mol. The number of benzene rings is 1. The molecule has 5 nitrogen and oxygen atoms in total. The second kappa shape index (κ2) is 12.7. The van der Waals surface area contributed by atoms with Gasteiger partial charge in [-0.25, -0.2) is 4.99 Å². The average Bonchev–Trinajstić information content (AvgIpc) is 2.49. The van der Waals surface area contributed by atoms with Crippen molar-refractivity contribution in [3.8, 4) is 5.75 Å². The molecule has 1 aromatic rings. The van der Waals surface area contributed by atoms with Crippen LogP contribution in [0.15, 0.2) is 29.3 Å². The largest absolute Gasteiger partial charge is 0.496 e. The number of guanidine groups is 1. The summed E-state index contributed by atoms with van der Waals surface area (Å²) in [5, 5.41) is 6.45. The maximum atomic E-state index is 5.32. The summed E-state index contributed by atoms with van der Waals surface area (Å²) in [4.78, 5) is 4.55. The Morgan fingerprint density at radius 2 is 1.95 bits per heavy atom. The van der Waals surface area contributed by atoms with E-state index in [-0.39, 0.29) is 24.0 Å². The molecule has 6 heteroatoms. The van der Waals surface area contributed by atoms with Gasteiger partial charge in [0.2, 0.25) is 0 Å². The van der Waals surface area contributed by atoms with E-state index in [1.54, 1.807) is 7.11 Å². The van der Waals surface area contributed by atoms with Crippen molar-refractivity contribution in [3.05, 3.63) is 29.8 Å². The third kappa shape index (κ3) is 8.11. The molecule has 0 fully saturated rings. The summed E-state index contributed by atoms with van der Waals surface area (Å²) in [5.41, 5.74) is 1.07. The first kappa shape index (κ1) is 20.0. The highest BCUT2D eigenvalue weighted by Crippen LogP contribution is 2.17. The number of methoxy groups -OCH3 is 1. The highest BCUT2D eigenvalue weighted by atomic mass is 127. The van der Waals surface area contributed by atoms with Crippen molar-refractivity contribution in [3.63, 3.8) is 0 Å². The van der Waals surface area contributed by atoms with Gasteiger partial charge in [0, 0.05) is 25.3 Å². The van der Waals surface area contributed by atoms with E-state index < -0.39 is 0 Å². The van der Waals surface area contributed by atoms with Gasteiger partial charge >= 0.3 is 0 Å². The summed E-state index contributed by atoms with van der Waals surface area (Å²) in [6.45, 7) is 7.59. The molecule has 0 atom stereocenters. The molecule has 120 valence electrons. The van der Waals surface area contributed by atoms with E-state index in [1.807, 2.05) is 38.1 Å². The van der Waals surface area contributed by atoms with Crippen molar-refractivity contribution in [1.29, 1.82) is 0 Å². The molecule has 0 unspecified atom stereocenters. The second-order valence-corrected chi connectivity index (χ2v) is 4.13. The molecule has 0 aliphatic heterocycles. The van der Waals surface area contributed by atoms with Gasteiger partial charge in [0.15, 0.2) is 5.96 Å². The molecular weight excluding hydrogens is 381 g/mol. The van der Waals surface area contributed by atoms with Crippen molar-refractivity contribution in [2.45, 2.75) is 20.4 Å². The number of rotatable bonds is 8. The van der Waals surface area contributed by atoms with Gasteiger partial charge in [-0.1, -0.05) is 18.2 Å². The van der Waals surface area contributed by atoms with Crippen LogP contribution in [-0.2, 0) is 11.3 Å². The van der Waals surface area contributed by atoms with E-state index in [1.165, 1.54) is 0 Å². The molecule has 0 aliphatic rings. The van der Waals surface area contributed by atoms with Crippen molar-refractivity contribution < 1.29 is 9.47 Å². The summed E-state index contributed by atoms with van der Waals surface area (Å²) in [5.74, 6) is 1.65. The van der Waals surface area contributed by atoms with Crippen LogP contribution in [0.3, 0.4) is 0 Å². The number of halogens is 1. The molecular formula is C15H26IN3O2. The van der Waals surface area contributed by atoms with E-state index in [0.29, 0.717) is 13.2 Å². The van der Waals surface area contributed by atoms with Gasteiger partial charge < -0.3 is 20.1 Å². The van der Waals surface area contributed by atoms with Gasteiger partial charge in [0.05, 0.1) is 20.3 Å². The third-order valence-corrected chi connectivity index (χ3v) is 2.69. The zero-order valence-corrected chi connectivity index (χ0v) is 15.3. The zero-order chi connectivity index (χ0) is 14.6. The van der Waals surface area contributed by atoms with E-state index >= 15 is 0 Å². The minimum Gasteiger partial charge on any atom is -0.496 e. The van der Waals surface area contributed by atoms with Gasteiger partial charge in [0.25, 0.3) is 0 Å².